The summed E-state index contributed by atoms with van der Waals surface area (Å²) in [6.45, 7) is 7.38. The average Bonchev–Trinajstić information content (AvgIpc) is 2.42. The molecule has 2 atom stereocenters. The quantitative estimate of drug-likeness (QED) is 0.787. The van der Waals surface area contributed by atoms with Crippen molar-refractivity contribution in [2.45, 2.75) is 39.6 Å². The van der Waals surface area contributed by atoms with Crippen LogP contribution < -0.4 is 4.74 Å². The van der Waals surface area contributed by atoms with Gasteiger partial charge >= 0.3 is 0 Å². The third kappa shape index (κ3) is 5.19. The van der Waals surface area contributed by atoms with Crippen molar-refractivity contribution in [1.82, 2.24) is 0 Å². The van der Waals surface area contributed by atoms with E-state index in [1.165, 1.54) is 0 Å². The summed E-state index contributed by atoms with van der Waals surface area (Å²) >= 11 is 0. The summed E-state index contributed by atoms with van der Waals surface area (Å²) in [7, 11) is 1.63. The van der Waals surface area contributed by atoms with Crippen LogP contribution in [-0.2, 0) is 16.1 Å². The smallest absolute Gasteiger partial charge is 0.124 e. The standard InChI is InChI=1S/C15H24O4/c1-5-18-9-11(2)19-10-14-8-13(12(3)16)6-7-15(14)17-4/h6-8,11-12,16H,5,9-10H2,1-4H3. The van der Waals surface area contributed by atoms with Crippen LogP contribution >= 0.6 is 0 Å². The molecule has 0 saturated carbocycles. The third-order valence-corrected chi connectivity index (χ3v) is 2.87. The number of aliphatic hydroxyl groups excluding tert-OH is 1. The first-order valence-electron chi connectivity index (χ1n) is 6.62. The van der Waals surface area contributed by atoms with E-state index in [0.29, 0.717) is 19.8 Å². The van der Waals surface area contributed by atoms with Crippen molar-refractivity contribution < 1.29 is 19.3 Å². The molecule has 1 rings (SSSR count). The number of ether oxygens (including phenoxy) is 3. The van der Waals surface area contributed by atoms with E-state index in [9.17, 15) is 5.11 Å². The van der Waals surface area contributed by atoms with Gasteiger partial charge in [0.25, 0.3) is 0 Å². The fraction of sp³-hybridized carbons (Fsp3) is 0.600. The predicted octanol–water partition coefficient (Wildman–Crippen LogP) is 2.69. The molecule has 0 fully saturated rings. The molecule has 0 bridgehead atoms. The van der Waals surface area contributed by atoms with Gasteiger partial charge in [0.2, 0.25) is 0 Å². The number of aliphatic hydroxyl groups is 1. The van der Waals surface area contributed by atoms with E-state index in [1.807, 2.05) is 32.0 Å². The lowest BCUT2D eigenvalue weighted by Crippen LogP contribution is -2.16. The Labute approximate surface area is 115 Å². The highest BCUT2D eigenvalue weighted by Gasteiger charge is 2.10. The molecule has 0 spiro atoms. The lowest BCUT2D eigenvalue weighted by molar-refractivity contribution is -0.0122. The summed E-state index contributed by atoms with van der Waals surface area (Å²) in [6, 6.07) is 5.63. The van der Waals surface area contributed by atoms with Crippen LogP contribution in [0.5, 0.6) is 5.75 Å². The number of benzene rings is 1. The minimum absolute atomic E-state index is 0.0277. The molecule has 108 valence electrons. The van der Waals surface area contributed by atoms with Gasteiger partial charge in [0, 0.05) is 12.2 Å². The van der Waals surface area contributed by atoms with E-state index in [1.54, 1.807) is 14.0 Å². The number of hydrogen-bond donors (Lipinski definition) is 1. The van der Waals surface area contributed by atoms with Gasteiger partial charge in [0.1, 0.15) is 5.75 Å². The summed E-state index contributed by atoms with van der Waals surface area (Å²) in [4.78, 5) is 0. The van der Waals surface area contributed by atoms with Gasteiger partial charge in [-0.05, 0) is 38.5 Å². The molecule has 4 nitrogen and oxygen atoms in total. The molecule has 0 aliphatic carbocycles. The van der Waals surface area contributed by atoms with Crippen LogP contribution in [0.2, 0.25) is 0 Å². The van der Waals surface area contributed by atoms with Gasteiger partial charge in [-0.2, -0.15) is 0 Å². The predicted molar refractivity (Wildman–Crippen MR) is 74.4 cm³/mol. The molecule has 4 heteroatoms. The van der Waals surface area contributed by atoms with Gasteiger partial charge in [-0.15, -0.1) is 0 Å². The van der Waals surface area contributed by atoms with Crippen LogP contribution in [0.15, 0.2) is 18.2 Å². The Morgan fingerprint density at radius 3 is 2.58 bits per heavy atom. The van der Waals surface area contributed by atoms with Crippen LogP contribution in [0.4, 0.5) is 0 Å². The Hall–Kier alpha value is -1.10. The van der Waals surface area contributed by atoms with Crippen LogP contribution in [0, 0.1) is 0 Å². The number of hydrogen-bond acceptors (Lipinski definition) is 4. The van der Waals surface area contributed by atoms with Crippen molar-refractivity contribution in [3.05, 3.63) is 29.3 Å². The SMILES string of the molecule is CCOCC(C)OCc1cc(C(C)O)ccc1OC. The fourth-order valence-corrected chi connectivity index (χ4v) is 1.74. The summed E-state index contributed by atoms with van der Waals surface area (Å²) in [5.74, 6) is 0.771. The Balaban J connectivity index is 2.67. The Kier molecular flexibility index (Phi) is 6.84. The van der Waals surface area contributed by atoms with E-state index in [4.69, 9.17) is 14.2 Å². The van der Waals surface area contributed by atoms with Crippen molar-refractivity contribution in [2.75, 3.05) is 20.3 Å². The van der Waals surface area contributed by atoms with E-state index < -0.39 is 6.10 Å². The highest BCUT2D eigenvalue weighted by molar-refractivity contribution is 5.37. The molecular weight excluding hydrogens is 244 g/mol. The first-order valence-corrected chi connectivity index (χ1v) is 6.62. The fourth-order valence-electron chi connectivity index (χ4n) is 1.74. The van der Waals surface area contributed by atoms with Crippen molar-refractivity contribution in [1.29, 1.82) is 0 Å². The number of rotatable bonds is 8. The van der Waals surface area contributed by atoms with E-state index in [0.717, 1.165) is 16.9 Å². The normalized spacial score (nSPS) is 14.2. The van der Waals surface area contributed by atoms with Crippen LogP contribution in [0.25, 0.3) is 0 Å². The van der Waals surface area contributed by atoms with Gasteiger partial charge in [0.05, 0.1) is 32.5 Å². The summed E-state index contributed by atoms with van der Waals surface area (Å²) < 4.78 is 16.3. The molecule has 0 radical (unpaired) electrons. The molecule has 0 aliphatic heterocycles. The third-order valence-electron chi connectivity index (χ3n) is 2.87. The molecule has 1 aromatic rings. The van der Waals surface area contributed by atoms with Gasteiger partial charge in [-0.25, -0.2) is 0 Å². The molecule has 0 heterocycles. The van der Waals surface area contributed by atoms with Gasteiger partial charge in [-0.3, -0.25) is 0 Å². The van der Waals surface area contributed by atoms with Crippen molar-refractivity contribution >= 4 is 0 Å². The lowest BCUT2D eigenvalue weighted by Gasteiger charge is -2.16. The van der Waals surface area contributed by atoms with Crippen LogP contribution in [0.1, 0.15) is 38.0 Å². The second-order valence-corrected chi connectivity index (χ2v) is 4.53. The monoisotopic (exact) mass is 268 g/mol. The van der Waals surface area contributed by atoms with Crippen LogP contribution in [0.3, 0.4) is 0 Å². The van der Waals surface area contributed by atoms with Crippen molar-refractivity contribution in [3.8, 4) is 5.75 Å². The van der Waals surface area contributed by atoms with Gasteiger partial charge < -0.3 is 19.3 Å². The zero-order valence-corrected chi connectivity index (χ0v) is 12.2. The second kappa shape index (κ2) is 8.15. The molecule has 0 saturated heterocycles. The molecule has 1 aromatic carbocycles. The zero-order valence-electron chi connectivity index (χ0n) is 12.2. The Morgan fingerprint density at radius 2 is 2.00 bits per heavy atom. The summed E-state index contributed by atoms with van der Waals surface area (Å²) in [6.07, 6.45) is -0.467. The molecule has 0 amide bonds. The highest BCUT2D eigenvalue weighted by atomic mass is 16.5. The first kappa shape index (κ1) is 16.0. The molecule has 1 N–H and O–H groups in total. The topological polar surface area (TPSA) is 47.9 Å². The molecule has 2 unspecified atom stereocenters. The largest absolute Gasteiger partial charge is 0.496 e. The van der Waals surface area contributed by atoms with E-state index >= 15 is 0 Å². The first-order chi connectivity index (χ1) is 9.08. The maximum Gasteiger partial charge on any atom is 0.124 e. The van der Waals surface area contributed by atoms with E-state index in [2.05, 4.69) is 0 Å². The maximum atomic E-state index is 9.60. The minimum Gasteiger partial charge on any atom is -0.496 e. The molecule has 19 heavy (non-hydrogen) atoms. The Bertz CT molecular complexity index is 376. The minimum atomic E-state index is -0.495. The van der Waals surface area contributed by atoms with Gasteiger partial charge in [-0.1, -0.05) is 6.07 Å². The molecule has 0 aromatic heterocycles. The van der Waals surface area contributed by atoms with Crippen molar-refractivity contribution in [2.24, 2.45) is 0 Å². The van der Waals surface area contributed by atoms with E-state index in [-0.39, 0.29) is 6.10 Å². The summed E-state index contributed by atoms with van der Waals surface area (Å²) in [5, 5.41) is 9.60. The maximum absolute atomic E-state index is 9.60. The Morgan fingerprint density at radius 1 is 1.26 bits per heavy atom. The lowest BCUT2D eigenvalue weighted by atomic mass is 10.1. The second-order valence-electron chi connectivity index (χ2n) is 4.53. The highest BCUT2D eigenvalue weighted by Crippen LogP contribution is 2.24. The molecular formula is C15H24O4. The van der Waals surface area contributed by atoms with Crippen LogP contribution in [-0.4, -0.2) is 31.5 Å². The van der Waals surface area contributed by atoms with Crippen molar-refractivity contribution in [3.63, 3.8) is 0 Å². The van der Waals surface area contributed by atoms with Gasteiger partial charge in [0.15, 0.2) is 0 Å². The zero-order chi connectivity index (χ0) is 14.3. The number of methoxy groups -OCH3 is 1. The summed E-state index contributed by atoms with van der Waals surface area (Å²) in [5.41, 5.74) is 1.79. The average molecular weight is 268 g/mol. The molecule has 0 aliphatic rings.